The summed E-state index contributed by atoms with van der Waals surface area (Å²) in [5.74, 6) is 0. The van der Waals surface area contributed by atoms with Crippen LogP contribution in [-0.2, 0) is 13.0 Å². The van der Waals surface area contributed by atoms with Gasteiger partial charge in [-0.2, -0.15) is 0 Å². The van der Waals surface area contributed by atoms with Gasteiger partial charge >= 0.3 is 6.03 Å². The van der Waals surface area contributed by atoms with Crippen molar-refractivity contribution < 1.29 is 4.79 Å². The molecule has 1 fully saturated rings. The molecule has 0 bridgehead atoms. The lowest BCUT2D eigenvalue weighted by atomic mass is 10.0. The quantitative estimate of drug-likeness (QED) is 0.720. The Morgan fingerprint density at radius 3 is 2.34 bits per heavy atom. The van der Waals surface area contributed by atoms with Crippen molar-refractivity contribution in [3.05, 3.63) is 95.8 Å². The molecular weight excluding hydrogens is 360 g/mol. The Hall–Kier alpha value is -3.18. The molecule has 29 heavy (non-hydrogen) atoms. The van der Waals surface area contributed by atoms with Gasteiger partial charge in [0.05, 0.1) is 5.69 Å². The zero-order valence-electron chi connectivity index (χ0n) is 16.5. The fourth-order valence-corrected chi connectivity index (χ4v) is 3.64. The molecule has 0 spiro atoms. The van der Waals surface area contributed by atoms with E-state index in [1.807, 2.05) is 65.7 Å². The molecule has 0 radical (unpaired) electrons. The highest BCUT2D eigenvalue weighted by molar-refractivity contribution is 5.90. The molecule has 1 N–H and O–H groups in total. The molecule has 0 saturated carbocycles. The first-order valence-corrected chi connectivity index (χ1v) is 10.1. The number of nitrogens with zero attached hydrogens (tertiary/aromatic N) is 3. The first kappa shape index (κ1) is 19.2. The molecular formula is C24H26N4O. The van der Waals surface area contributed by atoms with E-state index in [1.165, 1.54) is 5.56 Å². The number of hydrogen-bond donors (Lipinski definition) is 1. The van der Waals surface area contributed by atoms with Crippen LogP contribution in [0, 0.1) is 0 Å². The Balaban J connectivity index is 1.33. The Labute approximate surface area is 172 Å². The van der Waals surface area contributed by atoms with Crippen LogP contribution in [0.2, 0.25) is 0 Å². The van der Waals surface area contributed by atoms with Gasteiger partial charge in [0.25, 0.3) is 0 Å². The number of carbonyl (C=O) groups excluding carboxylic acids is 1. The second-order valence-corrected chi connectivity index (χ2v) is 7.33. The summed E-state index contributed by atoms with van der Waals surface area (Å²) in [6, 6.07) is 24.3. The van der Waals surface area contributed by atoms with Crippen LogP contribution in [0.15, 0.2) is 79.0 Å². The number of benzene rings is 2. The fraction of sp³-hybridized carbons (Fsp3) is 0.250. The van der Waals surface area contributed by atoms with Crippen molar-refractivity contribution in [1.29, 1.82) is 0 Å². The Morgan fingerprint density at radius 2 is 1.59 bits per heavy atom. The summed E-state index contributed by atoms with van der Waals surface area (Å²) in [5, 5.41) is 3.12. The molecule has 1 aliphatic heterocycles. The minimum absolute atomic E-state index is 0.0250. The van der Waals surface area contributed by atoms with E-state index in [0.717, 1.165) is 56.1 Å². The monoisotopic (exact) mass is 386 g/mol. The third-order valence-electron chi connectivity index (χ3n) is 5.27. The normalized spacial score (nSPS) is 14.6. The number of aromatic nitrogens is 1. The van der Waals surface area contributed by atoms with E-state index in [1.54, 1.807) is 0 Å². The number of para-hydroxylation sites is 1. The second kappa shape index (κ2) is 9.34. The predicted octanol–water partition coefficient (Wildman–Crippen LogP) is 4.02. The lowest BCUT2D eigenvalue weighted by Gasteiger charge is -2.34. The molecule has 0 aliphatic carbocycles. The van der Waals surface area contributed by atoms with Gasteiger partial charge in [-0.15, -0.1) is 0 Å². The van der Waals surface area contributed by atoms with E-state index in [0.29, 0.717) is 0 Å². The molecule has 3 aromatic rings. The van der Waals surface area contributed by atoms with Gasteiger partial charge in [0.2, 0.25) is 0 Å². The molecule has 0 atom stereocenters. The molecule has 4 rings (SSSR count). The zero-order chi connectivity index (χ0) is 19.9. The molecule has 2 heterocycles. The van der Waals surface area contributed by atoms with Gasteiger partial charge in [0, 0.05) is 44.6 Å². The third kappa shape index (κ3) is 5.21. The van der Waals surface area contributed by atoms with Crippen molar-refractivity contribution in [2.75, 3.05) is 31.5 Å². The highest BCUT2D eigenvalue weighted by Gasteiger charge is 2.22. The molecule has 5 nitrogen and oxygen atoms in total. The number of pyridine rings is 1. The maximum Gasteiger partial charge on any atom is 0.321 e. The topological polar surface area (TPSA) is 48.5 Å². The second-order valence-electron chi connectivity index (χ2n) is 7.33. The Morgan fingerprint density at radius 1 is 0.862 bits per heavy atom. The average Bonchev–Trinajstić information content (AvgIpc) is 2.77. The number of piperazine rings is 1. The number of nitrogens with one attached hydrogen (secondary N) is 1. The summed E-state index contributed by atoms with van der Waals surface area (Å²) in [5.41, 5.74) is 4.32. The number of carbonyl (C=O) groups is 1. The molecule has 1 aliphatic rings. The van der Waals surface area contributed by atoms with Crippen molar-refractivity contribution in [2.45, 2.75) is 13.0 Å². The van der Waals surface area contributed by atoms with Crippen LogP contribution in [-0.4, -0.2) is 47.0 Å². The lowest BCUT2D eigenvalue weighted by molar-refractivity contribution is 0.142. The van der Waals surface area contributed by atoms with Gasteiger partial charge in [-0.1, -0.05) is 54.6 Å². The molecule has 1 aromatic heterocycles. The van der Waals surface area contributed by atoms with Crippen LogP contribution in [0.4, 0.5) is 10.5 Å². The number of urea groups is 1. The van der Waals surface area contributed by atoms with Crippen molar-refractivity contribution in [3.8, 4) is 0 Å². The molecule has 2 aromatic carbocycles. The summed E-state index contributed by atoms with van der Waals surface area (Å²) >= 11 is 0. The van der Waals surface area contributed by atoms with Crippen LogP contribution in [0.5, 0.6) is 0 Å². The summed E-state index contributed by atoms with van der Waals surface area (Å²) in [6.45, 7) is 3.99. The van der Waals surface area contributed by atoms with Gasteiger partial charge in [0.15, 0.2) is 0 Å². The largest absolute Gasteiger partial charge is 0.322 e. The van der Waals surface area contributed by atoms with E-state index >= 15 is 0 Å². The molecule has 148 valence electrons. The van der Waals surface area contributed by atoms with Gasteiger partial charge in [-0.3, -0.25) is 9.88 Å². The van der Waals surface area contributed by atoms with Crippen molar-refractivity contribution >= 4 is 11.7 Å². The van der Waals surface area contributed by atoms with E-state index < -0.39 is 0 Å². The standard InChI is InChI=1S/C24H26N4O/c29-24(28-16-14-27(15-17-28)19-22-11-6-7-13-25-22)26-23-12-5-4-10-21(23)18-20-8-2-1-3-9-20/h1-13H,14-19H2,(H,26,29). The number of anilines is 1. The van der Waals surface area contributed by atoms with Crippen LogP contribution in [0.1, 0.15) is 16.8 Å². The van der Waals surface area contributed by atoms with E-state index in [-0.39, 0.29) is 6.03 Å². The highest BCUT2D eigenvalue weighted by atomic mass is 16.2. The van der Waals surface area contributed by atoms with Crippen LogP contribution in [0.3, 0.4) is 0 Å². The molecule has 0 unspecified atom stereocenters. The van der Waals surface area contributed by atoms with Crippen LogP contribution < -0.4 is 5.32 Å². The van der Waals surface area contributed by atoms with E-state index in [4.69, 9.17) is 0 Å². The molecule has 1 saturated heterocycles. The van der Waals surface area contributed by atoms with E-state index in [9.17, 15) is 4.79 Å². The van der Waals surface area contributed by atoms with Crippen LogP contribution >= 0.6 is 0 Å². The highest BCUT2D eigenvalue weighted by Crippen LogP contribution is 2.20. The maximum absolute atomic E-state index is 12.8. The molecule has 2 amide bonds. The SMILES string of the molecule is O=C(Nc1ccccc1Cc1ccccc1)N1CCN(Cc2ccccn2)CC1. The van der Waals surface area contributed by atoms with Gasteiger partial charge in [-0.25, -0.2) is 4.79 Å². The number of rotatable bonds is 5. The summed E-state index contributed by atoms with van der Waals surface area (Å²) in [7, 11) is 0. The summed E-state index contributed by atoms with van der Waals surface area (Å²) in [4.78, 5) is 21.5. The van der Waals surface area contributed by atoms with Gasteiger partial charge in [-0.05, 0) is 35.7 Å². The predicted molar refractivity (Wildman–Crippen MR) is 116 cm³/mol. The Bertz CT molecular complexity index is 922. The zero-order valence-corrected chi connectivity index (χ0v) is 16.5. The summed E-state index contributed by atoms with van der Waals surface area (Å²) < 4.78 is 0. The first-order chi connectivity index (χ1) is 14.3. The minimum atomic E-state index is -0.0250. The number of amides is 2. The van der Waals surface area contributed by atoms with Crippen molar-refractivity contribution in [2.24, 2.45) is 0 Å². The smallest absolute Gasteiger partial charge is 0.321 e. The maximum atomic E-state index is 12.8. The van der Waals surface area contributed by atoms with Gasteiger partial charge < -0.3 is 10.2 Å². The summed E-state index contributed by atoms with van der Waals surface area (Å²) in [6.07, 6.45) is 2.63. The van der Waals surface area contributed by atoms with Crippen molar-refractivity contribution in [3.63, 3.8) is 0 Å². The van der Waals surface area contributed by atoms with Crippen LogP contribution in [0.25, 0.3) is 0 Å². The fourth-order valence-electron chi connectivity index (χ4n) is 3.64. The Kier molecular flexibility index (Phi) is 6.17. The minimum Gasteiger partial charge on any atom is -0.322 e. The number of hydrogen-bond acceptors (Lipinski definition) is 3. The van der Waals surface area contributed by atoms with Crippen molar-refractivity contribution in [1.82, 2.24) is 14.8 Å². The average molecular weight is 386 g/mol. The molecule has 5 heteroatoms. The van der Waals surface area contributed by atoms with E-state index in [2.05, 4.69) is 33.4 Å². The third-order valence-corrected chi connectivity index (χ3v) is 5.27. The lowest BCUT2D eigenvalue weighted by Crippen LogP contribution is -2.49. The van der Waals surface area contributed by atoms with Gasteiger partial charge in [0.1, 0.15) is 0 Å². The first-order valence-electron chi connectivity index (χ1n) is 10.1.